The fraction of sp³-hybridized carbons (Fsp3) is 0.208. The molecule has 0 unspecified atom stereocenters. The number of carbonyl (C=O) groups is 1. The predicted molar refractivity (Wildman–Crippen MR) is 124 cm³/mol. The van der Waals surface area contributed by atoms with Crippen LogP contribution in [0.25, 0.3) is 28.2 Å². The van der Waals surface area contributed by atoms with E-state index < -0.39 is 21.2 Å². The van der Waals surface area contributed by atoms with Gasteiger partial charge in [0.15, 0.2) is 15.5 Å². The molecule has 7 nitrogen and oxygen atoms in total. The molecule has 2 aromatic carbocycles. The molecule has 0 spiro atoms. The molecule has 0 atom stereocenters. The molecule has 4 rings (SSSR count). The average molecular weight is 467 g/mol. The van der Waals surface area contributed by atoms with E-state index in [2.05, 4.69) is 15.4 Å². The summed E-state index contributed by atoms with van der Waals surface area (Å²) in [6, 6.07) is 13.9. The van der Waals surface area contributed by atoms with Gasteiger partial charge in [-0.2, -0.15) is 5.10 Å². The molecular weight excluding hydrogens is 443 g/mol. The van der Waals surface area contributed by atoms with E-state index in [9.17, 15) is 17.6 Å². The minimum atomic E-state index is -3.31. The van der Waals surface area contributed by atoms with Gasteiger partial charge in [0.25, 0.3) is 5.91 Å². The second-order valence-corrected chi connectivity index (χ2v) is 10.8. The summed E-state index contributed by atoms with van der Waals surface area (Å²) in [5.74, 6) is -0.813. The number of aromatic nitrogens is 3. The maximum Gasteiger partial charge on any atom is 0.251 e. The first-order valence-corrected chi connectivity index (χ1v) is 12.1. The maximum atomic E-state index is 14.7. The number of benzene rings is 2. The highest BCUT2D eigenvalue weighted by atomic mass is 32.2. The van der Waals surface area contributed by atoms with Crippen LogP contribution in [0.15, 0.2) is 65.7 Å². The molecule has 1 amide bonds. The van der Waals surface area contributed by atoms with Crippen molar-refractivity contribution >= 4 is 21.4 Å². The summed E-state index contributed by atoms with van der Waals surface area (Å²) < 4.78 is 39.7. The van der Waals surface area contributed by atoms with Gasteiger partial charge in [-0.15, -0.1) is 0 Å². The van der Waals surface area contributed by atoms with E-state index in [4.69, 9.17) is 0 Å². The van der Waals surface area contributed by atoms with Crippen LogP contribution in [0.4, 0.5) is 4.39 Å². The third-order valence-corrected chi connectivity index (χ3v) is 6.06. The number of halogens is 1. The standard InChI is InChI=1S/C24H23FN4O3S/c1-24(2,3)27-23(30)16-7-10-19(25)18(13-16)20-11-12-22-26-14-21(29(22)28-20)15-5-8-17(9-6-15)33(4,31)32/h5-14H,1-4H3,(H,27,30). The minimum Gasteiger partial charge on any atom is -0.347 e. The zero-order valence-electron chi connectivity index (χ0n) is 18.6. The summed E-state index contributed by atoms with van der Waals surface area (Å²) in [5, 5.41) is 7.42. The van der Waals surface area contributed by atoms with Gasteiger partial charge in [0.2, 0.25) is 0 Å². The first kappa shape index (κ1) is 22.6. The van der Waals surface area contributed by atoms with E-state index in [1.807, 2.05) is 20.8 Å². The normalized spacial score (nSPS) is 12.2. The lowest BCUT2D eigenvalue weighted by Crippen LogP contribution is -2.40. The van der Waals surface area contributed by atoms with Crippen molar-refractivity contribution in [2.45, 2.75) is 31.2 Å². The van der Waals surface area contributed by atoms with Crippen LogP contribution >= 0.6 is 0 Å². The smallest absolute Gasteiger partial charge is 0.251 e. The highest BCUT2D eigenvalue weighted by Crippen LogP contribution is 2.26. The summed E-state index contributed by atoms with van der Waals surface area (Å²) in [4.78, 5) is 17.1. The van der Waals surface area contributed by atoms with Crippen molar-refractivity contribution in [2.24, 2.45) is 0 Å². The number of nitrogens with one attached hydrogen (secondary N) is 1. The Morgan fingerprint density at radius 3 is 2.36 bits per heavy atom. The summed E-state index contributed by atoms with van der Waals surface area (Å²) in [7, 11) is -3.31. The van der Waals surface area contributed by atoms with Crippen molar-refractivity contribution < 1.29 is 17.6 Å². The number of carbonyl (C=O) groups excluding carboxylic acids is 1. The second kappa shape index (κ2) is 8.08. The zero-order valence-corrected chi connectivity index (χ0v) is 19.4. The van der Waals surface area contributed by atoms with Gasteiger partial charge in [0, 0.05) is 28.5 Å². The molecule has 0 aliphatic rings. The molecule has 4 aromatic rings. The van der Waals surface area contributed by atoms with Crippen LogP contribution in [0, 0.1) is 5.82 Å². The van der Waals surface area contributed by atoms with Gasteiger partial charge >= 0.3 is 0 Å². The van der Waals surface area contributed by atoms with E-state index >= 15 is 0 Å². The Hall–Kier alpha value is -3.59. The minimum absolute atomic E-state index is 0.186. The lowest BCUT2D eigenvalue weighted by Gasteiger charge is -2.20. The maximum absolute atomic E-state index is 14.7. The topological polar surface area (TPSA) is 93.4 Å². The molecule has 2 heterocycles. The number of sulfone groups is 1. The predicted octanol–water partition coefficient (Wildman–Crippen LogP) is 4.13. The fourth-order valence-corrected chi connectivity index (χ4v) is 3.99. The Balaban J connectivity index is 1.76. The zero-order chi connectivity index (χ0) is 24.0. The highest BCUT2D eigenvalue weighted by Gasteiger charge is 2.18. The van der Waals surface area contributed by atoms with Crippen LogP contribution in [0.5, 0.6) is 0 Å². The van der Waals surface area contributed by atoms with E-state index in [-0.39, 0.29) is 16.4 Å². The Morgan fingerprint density at radius 2 is 1.73 bits per heavy atom. The van der Waals surface area contributed by atoms with Crippen molar-refractivity contribution in [3.63, 3.8) is 0 Å². The second-order valence-electron chi connectivity index (χ2n) is 8.83. The van der Waals surface area contributed by atoms with Crippen LogP contribution in [0.1, 0.15) is 31.1 Å². The van der Waals surface area contributed by atoms with Gasteiger partial charge in [-0.1, -0.05) is 12.1 Å². The molecule has 170 valence electrons. The largest absolute Gasteiger partial charge is 0.347 e. The van der Waals surface area contributed by atoms with E-state index in [1.165, 1.54) is 30.3 Å². The molecule has 0 aliphatic carbocycles. The highest BCUT2D eigenvalue weighted by molar-refractivity contribution is 7.90. The number of nitrogens with zero attached hydrogens (tertiary/aromatic N) is 3. The van der Waals surface area contributed by atoms with Crippen molar-refractivity contribution in [3.8, 4) is 22.5 Å². The molecule has 0 fully saturated rings. The summed E-state index contributed by atoms with van der Waals surface area (Å²) in [5.41, 5.74) is 2.28. The molecular formula is C24H23FN4O3S. The van der Waals surface area contributed by atoms with Crippen molar-refractivity contribution in [2.75, 3.05) is 6.26 Å². The van der Waals surface area contributed by atoms with E-state index in [1.54, 1.807) is 35.0 Å². The van der Waals surface area contributed by atoms with Crippen molar-refractivity contribution in [3.05, 3.63) is 72.2 Å². The Labute approximate surface area is 191 Å². The Bertz CT molecular complexity index is 1470. The van der Waals surface area contributed by atoms with Crippen LogP contribution in [0.3, 0.4) is 0 Å². The molecule has 0 bridgehead atoms. The lowest BCUT2D eigenvalue weighted by molar-refractivity contribution is 0.0919. The number of amides is 1. The molecule has 0 saturated carbocycles. The van der Waals surface area contributed by atoms with Crippen LogP contribution < -0.4 is 5.32 Å². The molecule has 9 heteroatoms. The first-order chi connectivity index (χ1) is 15.4. The molecule has 0 aliphatic heterocycles. The van der Waals surface area contributed by atoms with Gasteiger partial charge in [-0.25, -0.2) is 22.3 Å². The number of fused-ring (bicyclic) bond motifs is 1. The number of rotatable bonds is 4. The molecule has 2 aromatic heterocycles. The first-order valence-electron chi connectivity index (χ1n) is 10.2. The van der Waals surface area contributed by atoms with Gasteiger partial charge in [-0.3, -0.25) is 4.79 Å². The molecule has 33 heavy (non-hydrogen) atoms. The van der Waals surface area contributed by atoms with Gasteiger partial charge < -0.3 is 5.32 Å². The lowest BCUT2D eigenvalue weighted by atomic mass is 10.0. The van der Waals surface area contributed by atoms with Gasteiger partial charge in [0.1, 0.15) is 5.82 Å². The summed E-state index contributed by atoms with van der Waals surface area (Å²) >= 11 is 0. The summed E-state index contributed by atoms with van der Waals surface area (Å²) in [6.45, 7) is 5.61. The van der Waals surface area contributed by atoms with Gasteiger partial charge in [0.05, 0.1) is 22.5 Å². The fourth-order valence-electron chi connectivity index (χ4n) is 3.36. The third-order valence-electron chi connectivity index (χ3n) is 4.93. The van der Waals surface area contributed by atoms with E-state index in [0.29, 0.717) is 28.2 Å². The average Bonchev–Trinajstić information content (AvgIpc) is 3.15. The molecule has 1 N–H and O–H groups in total. The monoisotopic (exact) mass is 466 g/mol. The van der Waals surface area contributed by atoms with Gasteiger partial charge in [-0.05, 0) is 63.2 Å². The number of hydrogen-bond donors (Lipinski definition) is 1. The Morgan fingerprint density at radius 1 is 1.03 bits per heavy atom. The van der Waals surface area contributed by atoms with Crippen LogP contribution in [0.2, 0.25) is 0 Å². The molecule has 0 radical (unpaired) electrons. The third kappa shape index (κ3) is 4.78. The van der Waals surface area contributed by atoms with Crippen LogP contribution in [-0.2, 0) is 9.84 Å². The van der Waals surface area contributed by atoms with Crippen molar-refractivity contribution in [1.29, 1.82) is 0 Å². The Kier molecular flexibility index (Phi) is 5.53. The molecule has 0 saturated heterocycles. The van der Waals surface area contributed by atoms with Crippen molar-refractivity contribution in [1.82, 2.24) is 19.9 Å². The summed E-state index contributed by atoms with van der Waals surface area (Å²) in [6.07, 6.45) is 2.76. The van der Waals surface area contributed by atoms with Crippen LogP contribution in [-0.4, -0.2) is 40.7 Å². The quantitative estimate of drug-likeness (QED) is 0.488. The van der Waals surface area contributed by atoms with E-state index in [0.717, 1.165) is 6.26 Å². The SMILES string of the molecule is CC(C)(C)NC(=O)c1ccc(F)c(-c2ccc3ncc(-c4ccc(S(C)(=O)=O)cc4)n3n2)c1. The number of imidazole rings is 1. The number of hydrogen-bond acceptors (Lipinski definition) is 5.